The minimum Gasteiger partial charge on any atom is -0.508 e. The highest BCUT2D eigenvalue weighted by Gasteiger charge is 2.29. The topological polar surface area (TPSA) is 91.0 Å². The van der Waals surface area contributed by atoms with Gasteiger partial charge in [0.2, 0.25) is 5.91 Å². The van der Waals surface area contributed by atoms with Crippen molar-refractivity contribution in [2.24, 2.45) is 16.6 Å². The number of nitrogens with two attached hydrogens (primary N) is 1. The SMILES string of the molecule is CC(=O)N[C@@H](Cc1ccc(O)cc1)CN1C(N)=NC[C@@H]1CC(C)C. The van der Waals surface area contributed by atoms with Gasteiger partial charge in [-0.2, -0.15) is 0 Å². The normalized spacial score (nSPS) is 18.6. The maximum atomic E-state index is 11.6. The van der Waals surface area contributed by atoms with Gasteiger partial charge < -0.3 is 21.1 Å². The molecule has 0 saturated heterocycles. The highest BCUT2D eigenvalue weighted by molar-refractivity contribution is 5.80. The van der Waals surface area contributed by atoms with Crippen molar-refractivity contribution >= 4 is 11.9 Å². The van der Waals surface area contributed by atoms with Crippen molar-refractivity contribution in [1.82, 2.24) is 10.2 Å². The van der Waals surface area contributed by atoms with Gasteiger partial charge in [-0.3, -0.25) is 9.79 Å². The third-order valence-corrected chi connectivity index (χ3v) is 4.19. The van der Waals surface area contributed by atoms with Gasteiger partial charge in [0.05, 0.1) is 18.6 Å². The number of amides is 1. The molecular weight excluding hydrogens is 304 g/mol. The number of carbonyl (C=O) groups excluding carboxylic acids is 1. The summed E-state index contributed by atoms with van der Waals surface area (Å²) >= 11 is 0. The number of nitrogens with zero attached hydrogens (tertiary/aromatic N) is 2. The number of guanidine groups is 1. The number of nitrogens with one attached hydrogen (secondary N) is 1. The van der Waals surface area contributed by atoms with Crippen LogP contribution >= 0.6 is 0 Å². The standard InChI is InChI=1S/C18H28N4O2/c1-12(2)8-16-10-20-18(19)22(16)11-15(21-13(3)23)9-14-4-6-17(24)7-5-14/h4-7,12,15-16,24H,8-11H2,1-3H3,(H2,19,20)(H,21,23)/t15-,16-/m0/s1. The molecule has 1 aliphatic rings. The van der Waals surface area contributed by atoms with Gasteiger partial charge in [0.25, 0.3) is 0 Å². The Labute approximate surface area is 143 Å². The van der Waals surface area contributed by atoms with E-state index in [1.54, 1.807) is 12.1 Å². The Morgan fingerprint density at radius 1 is 1.42 bits per heavy atom. The number of rotatable bonds is 7. The molecule has 2 atom stereocenters. The minimum atomic E-state index is -0.0615. The number of phenols is 1. The molecule has 6 heteroatoms. The number of phenolic OH excluding ortho intramolecular Hbond substituents is 1. The number of hydrogen-bond acceptors (Lipinski definition) is 5. The third-order valence-electron chi connectivity index (χ3n) is 4.19. The fourth-order valence-corrected chi connectivity index (χ4v) is 3.17. The number of aromatic hydroxyl groups is 1. The Balaban J connectivity index is 2.07. The molecule has 6 nitrogen and oxygen atoms in total. The fraction of sp³-hybridized carbons (Fsp3) is 0.556. The molecule has 1 aromatic carbocycles. The lowest BCUT2D eigenvalue weighted by Gasteiger charge is -2.31. The molecule has 4 N–H and O–H groups in total. The highest BCUT2D eigenvalue weighted by Crippen LogP contribution is 2.18. The first-order chi connectivity index (χ1) is 11.3. The molecule has 1 aliphatic heterocycles. The Morgan fingerprint density at radius 3 is 2.67 bits per heavy atom. The van der Waals surface area contributed by atoms with Crippen molar-refractivity contribution in [3.8, 4) is 5.75 Å². The van der Waals surface area contributed by atoms with Crippen LogP contribution in [0.5, 0.6) is 5.75 Å². The molecule has 1 amide bonds. The van der Waals surface area contributed by atoms with E-state index in [1.165, 1.54) is 6.92 Å². The van der Waals surface area contributed by atoms with E-state index < -0.39 is 0 Å². The van der Waals surface area contributed by atoms with E-state index in [4.69, 9.17) is 5.73 Å². The smallest absolute Gasteiger partial charge is 0.217 e. The molecule has 0 fully saturated rings. The van der Waals surface area contributed by atoms with E-state index in [0.29, 0.717) is 30.9 Å². The van der Waals surface area contributed by atoms with Gasteiger partial charge in [0.1, 0.15) is 5.75 Å². The maximum absolute atomic E-state index is 11.6. The molecule has 1 heterocycles. The van der Waals surface area contributed by atoms with Crippen LogP contribution in [0.1, 0.15) is 32.8 Å². The zero-order valence-electron chi connectivity index (χ0n) is 14.7. The van der Waals surface area contributed by atoms with Gasteiger partial charge in [0.15, 0.2) is 5.96 Å². The van der Waals surface area contributed by atoms with Crippen LogP contribution < -0.4 is 11.1 Å². The summed E-state index contributed by atoms with van der Waals surface area (Å²) in [5.41, 5.74) is 7.12. The monoisotopic (exact) mass is 332 g/mol. The van der Waals surface area contributed by atoms with Crippen LogP contribution in [-0.4, -0.2) is 47.0 Å². The van der Waals surface area contributed by atoms with Crippen LogP contribution in [-0.2, 0) is 11.2 Å². The third kappa shape index (κ3) is 5.15. The second-order valence-electron chi connectivity index (χ2n) is 6.90. The molecule has 2 rings (SSSR count). The van der Waals surface area contributed by atoms with Crippen molar-refractivity contribution in [1.29, 1.82) is 0 Å². The van der Waals surface area contributed by atoms with Crippen LogP contribution in [0.15, 0.2) is 29.3 Å². The molecule has 0 unspecified atom stereocenters. The van der Waals surface area contributed by atoms with E-state index in [-0.39, 0.29) is 17.7 Å². The summed E-state index contributed by atoms with van der Waals surface area (Å²) in [7, 11) is 0. The first kappa shape index (κ1) is 18.1. The molecular formula is C18H28N4O2. The maximum Gasteiger partial charge on any atom is 0.217 e. The number of aliphatic imine (C=N–C) groups is 1. The van der Waals surface area contributed by atoms with Crippen LogP contribution in [0, 0.1) is 5.92 Å². The van der Waals surface area contributed by atoms with Crippen molar-refractivity contribution in [3.63, 3.8) is 0 Å². The number of hydrogen-bond donors (Lipinski definition) is 3. The Kier molecular flexibility index (Phi) is 6.06. The zero-order valence-corrected chi connectivity index (χ0v) is 14.7. The molecule has 0 bridgehead atoms. The van der Waals surface area contributed by atoms with Gasteiger partial charge in [-0.1, -0.05) is 26.0 Å². The van der Waals surface area contributed by atoms with Crippen LogP contribution in [0.2, 0.25) is 0 Å². The minimum absolute atomic E-state index is 0.0612. The van der Waals surface area contributed by atoms with E-state index in [0.717, 1.165) is 18.5 Å². The molecule has 0 radical (unpaired) electrons. The summed E-state index contributed by atoms with van der Waals surface area (Å²) < 4.78 is 0. The van der Waals surface area contributed by atoms with Crippen LogP contribution in [0.4, 0.5) is 0 Å². The molecule has 0 saturated carbocycles. The number of benzene rings is 1. The lowest BCUT2D eigenvalue weighted by Crippen LogP contribution is -2.50. The van der Waals surface area contributed by atoms with E-state index in [1.807, 2.05) is 12.1 Å². The predicted octanol–water partition coefficient (Wildman–Crippen LogP) is 1.48. The quantitative estimate of drug-likeness (QED) is 0.705. The van der Waals surface area contributed by atoms with Crippen molar-refractivity contribution in [2.45, 2.75) is 45.7 Å². The molecule has 0 aromatic heterocycles. The summed E-state index contributed by atoms with van der Waals surface area (Å²) in [4.78, 5) is 18.1. The van der Waals surface area contributed by atoms with Gasteiger partial charge in [0, 0.05) is 13.5 Å². The largest absolute Gasteiger partial charge is 0.508 e. The summed E-state index contributed by atoms with van der Waals surface area (Å²) in [6.07, 6.45) is 1.70. The summed E-state index contributed by atoms with van der Waals surface area (Å²) in [6, 6.07) is 7.30. The fourth-order valence-electron chi connectivity index (χ4n) is 3.17. The van der Waals surface area contributed by atoms with Gasteiger partial charge in [-0.05, 0) is 36.5 Å². The van der Waals surface area contributed by atoms with Gasteiger partial charge in [-0.25, -0.2) is 0 Å². The van der Waals surface area contributed by atoms with Crippen molar-refractivity contribution < 1.29 is 9.90 Å². The van der Waals surface area contributed by atoms with E-state index in [2.05, 4.69) is 29.1 Å². The summed E-state index contributed by atoms with van der Waals surface area (Å²) in [5.74, 6) is 1.30. The second-order valence-corrected chi connectivity index (χ2v) is 6.90. The molecule has 0 spiro atoms. The Morgan fingerprint density at radius 2 is 2.08 bits per heavy atom. The zero-order chi connectivity index (χ0) is 17.7. The summed E-state index contributed by atoms with van der Waals surface area (Å²) in [5, 5.41) is 12.4. The lowest BCUT2D eigenvalue weighted by atomic mass is 10.0. The predicted molar refractivity (Wildman–Crippen MR) is 95.9 cm³/mol. The second kappa shape index (κ2) is 8.04. The van der Waals surface area contributed by atoms with Gasteiger partial charge in [-0.15, -0.1) is 0 Å². The van der Waals surface area contributed by atoms with Crippen LogP contribution in [0.25, 0.3) is 0 Å². The first-order valence-corrected chi connectivity index (χ1v) is 8.46. The molecule has 0 aliphatic carbocycles. The van der Waals surface area contributed by atoms with Gasteiger partial charge >= 0.3 is 0 Å². The van der Waals surface area contributed by atoms with E-state index >= 15 is 0 Å². The molecule has 24 heavy (non-hydrogen) atoms. The molecule has 132 valence electrons. The Hall–Kier alpha value is -2.24. The number of carbonyl (C=O) groups is 1. The lowest BCUT2D eigenvalue weighted by molar-refractivity contribution is -0.119. The van der Waals surface area contributed by atoms with E-state index in [9.17, 15) is 9.90 Å². The average Bonchev–Trinajstić information content (AvgIpc) is 2.81. The summed E-state index contributed by atoms with van der Waals surface area (Å²) in [6.45, 7) is 7.25. The first-order valence-electron chi connectivity index (χ1n) is 8.46. The molecule has 1 aromatic rings. The highest BCUT2D eigenvalue weighted by atomic mass is 16.3. The average molecular weight is 332 g/mol. The van der Waals surface area contributed by atoms with Crippen molar-refractivity contribution in [3.05, 3.63) is 29.8 Å². The Bertz CT molecular complexity index is 583. The van der Waals surface area contributed by atoms with Crippen LogP contribution in [0.3, 0.4) is 0 Å². The van der Waals surface area contributed by atoms with Crippen molar-refractivity contribution in [2.75, 3.05) is 13.1 Å².